The molecule has 5 rings (SSSR count). The number of halogens is 3. The van der Waals surface area contributed by atoms with Crippen LogP contribution in [0.5, 0.6) is 0 Å². The van der Waals surface area contributed by atoms with Gasteiger partial charge in [-0.3, -0.25) is 9.69 Å². The smallest absolute Gasteiger partial charge is 0.418 e. The Morgan fingerprint density at radius 3 is 2.11 bits per heavy atom. The van der Waals surface area contributed by atoms with Crippen LogP contribution in [-0.2, 0) is 17.5 Å². The van der Waals surface area contributed by atoms with Gasteiger partial charge in [0.05, 0.1) is 34.5 Å². The molecule has 0 spiro atoms. The van der Waals surface area contributed by atoms with Crippen molar-refractivity contribution in [3.05, 3.63) is 120 Å². The first-order valence-electron chi connectivity index (χ1n) is 10.8. The maximum absolute atomic E-state index is 14.2. The van der Waals surface area contributed by atoms with Crippen LogP contribution in [0.25, 0.3) is 10.2 Å². The lowest BCUT2D eigenvalue weighted by atomic mass is 9.90. The molecule has 0 unspecified atom stereocenters. The summed E-state index contributed by atoms with van der Waals surface area (Å²) in [7, 11) is 0. The van der Waals surface area contributed by atoms with Crippen molar-refractivity contribution in [3.63, 3.8) is 0 Å². The number of rotatable bonds is 6. The summed E-state index contributed by atoms with van der Waals surface area (Å²) in [5.74, 6) is -0.499. The zero-order valence-electron chi connectivity index (χ0n) is 18.3. The van der Waals surface area contributed by atoms with E-state index in [0.29, 0.717) is 10.5 Å². The molecule has 0 aliphatic carbocycles. The van der Waals surface area contributed by atoms with Gasteiger partial charge in [-0.15, -0.1) is 0 Å². The summed E-state index contributed by atoms with van der Waals surface area (Å²) in [5.41, 5.74) is 0.536. The number of nitrogens with zero attached hydrogens (tertiary/aromatic N) is 2. The lowest BCUT2D eigenvalue weighted by Gasteiger charge is -2.25. The predicted molar refractivity (Wildman–Crippen MR) is 129 cm³/mol. The highest BCUT2D eigenvalue weighted by Gasteiger charge is 2.35. The third kappa shape index (κ3) is 4.70. The van der Waals surface area contributed by atoms with Gasteiger partial charge in [-0.05, 0) is 35.4 Å². The van der Waals surface area contributed by atoms with Gasteiger partial charge < -0.3 is 4.42 Å². The number of thiazole rings is 1. The number of fused-ring (bicyclic) bond motifs is 1. The van der Waals surface area contributed by atoms with Crippen LogP contribution in [0.3, 0.4) is 0 Å². The van der Waals surface area contributed by atoms with Gasteiger partial charge >= 0.3 is 6.18 Å². The van der Waals surface area contributed by atoms with Gasteiger partial charge in [-0.25, -0.2) is 4.98 Å². The Morgan fingerprint density at radius 2 is 1.54 bits per heavy atom. The minimum absolute atomic E-state index is 0.0309. The summed E-state index contributed by atoms with van der Waals surface area (Å²) in [6.07, 6.45) is -3.07. The zero-order chi connectivity index (χ0) is 24.4. The summed E-state index contributed by atoms with van der Waals surface area (Å²) in [4.78, 5) is 19.9. The first kappa shape index (κ1) is 22.9. The van der Waals surface area contributed by atoms with Crippen molar-refractivity contribution in [1.29, 1.82) is 0 Å². The van der Waals surface area contributed by atoms with E-state index in [1.807, 2.05) is 60.7 Å². The Labute approximate surface area is 203 Å². The van der Waals surface area contributed by atoms with Gasteiger partial charge in [0, 0.05) is 0 Å². The standard InChI is InChI=1S/C27H19F3N2O2S/c28-27(29,30)21-14-7-15-22-24(21)31-26(35-22)32(17-20-13-8-16-34-20)25(33)23(18-9-3-1-4-10-18)19-11-5-2-6-12-19/h1-16,23H,17H2. The molecule has 2 heterocycles. The lowest BCUT2D eigenvalue weighted by molar-refractivity contribution is -0.136. The van der Waals surface area contributed by atoms with Gasteiger partial charge in [0.25, 0.3) is 0 Å². The van der Waals surface area contributed by atoms with Gasteiger partial charge in [0.15, 0.2) is 5.13 Å². The quantitative estimate of drug-likeness (QED) is 0.250. The van der Waals surface area contributed by atoms with Crippen LogP contribution < -0.4 is 4.90 Å². The molecule has 4 nitrogen and oxygen atoms in total. The fourth-order valence-electron chi connectivity index (χ4n) is 4.00. The van der Waals surface area contributed by atoms with E-state index in [-0.39, 0.29) is 23.1 Å². The zero-order valence-corrected chi connectivity index (χ0v) is 19.1. The van der Waals surface area contributed by atoms with Crippen LogP contribution in [0.4, 0.5) is 18.3 Å². The second kappa shape index (κ2) is 9.38. The fourth-order valence-corrected chi connectivity index (χ4v) is 5.00. The van der Waals surface area contributed by atoms with Crippen LogP contribution in [0, 0.1) is 0 Å². The largest absolute Gasteiger partial charge is 0.467 e. The minimum atomic E-state index is -4.56. The number of aromatic nitrogens is 1. The summed E-state index contributed by atoms with van der Waals surface area (Å²) >= 11 is 1.05. The molecule has 0 N–H and O–H groups in total. The average Bonchev–Trinajstić information content (AvgIpc) is 3.53. The second-order valence-electron chi connectivity index (χ2n) is 7.90. The van der Waals surface area contributed by atoms with Crippen LogP contribution in [-0.4, -0.2) is 10.9 Å². The van der Waals surface area contributed by atoms with Gasteiger partial charge in [0.2, 0.25) is 5.91 Å². The Morgan fingerprint density at radius 1 is 0.886 bits per heavy atom. The Bertz CT molecular complexity index is 1390. The van der Waals surface area contributed by atoms with E-state index in [1.165, 1.54) is 17.2 Å². The van der Waals surface area contributed by atoms with E-state index in [1.54, 1.807) is 18.2 Å². The lowest BCUT2D eigenvalue weighted by Crippen LogP contribution is -2.35. The molecule has 0 aliphatic heterocycles. The summed E-state index contributed by atoms with van der Waals surface area (Å²) in [5, 5.41) is 0.176. The van der Waals surface area contributed by atoms with Crippen molar-refractivity contribution >= 4 is 32.6 Å². The van der Waals surface area contributed by atoms with E-state index in [9.17, 15) is 18.0 Å². The number of hydrogen-bond acceptors (Lipinski definition) is 4. The monoisotopic (exact) mass is 492 g/mol. The number of hydrogen-bond donors (Lipinski definition) is 0. The highest BCUT2D eigenvalue weighted by Crippen LogP contribution is 2.40. The number of benzene rings is 3. The number of amides is 1. The third-order valence-electron chi connectivity index (χ3n) is 5.62. The number of carbonyl (C=O) groups is 1. The highest BCUT2D eigenvalue weighted by molar-refractivity contribution is 7.22. The van der Waals surface area contributed by atoms with Crippen molar-refractivity contribution in [2.24, 2.45) is 0 Å². The molecule has 8 heteroatoms. The first-order chi connectivity index (χ1) is 16.9. The Hall–Kier alpha value is -3.91. The molecular formula is C27H19F3N2O2S. The molecule has 0 atom stereocenters. The maximum atomic E-state index is 14.2. The van der Waals surface area contributed by atoms with Crippen molar-refractivity contribution < 1.29 is 22.4 Å². The minimum Gasteiger partial charge on any atom is -0.467 e. The molecule has 0 saturated heterocycles. The molecule has 0 radical (unpaired) electrons. The first-order valence-corrected chi connectivity index (χ1v) is 11.6. The molecule has 176 valence electrons. The van der Waals surface area contributed by atoms with Crippen LogP contribution in [0.15, 0.2) is 102 Å². The highest BCUT2D eigenvalue weighted by atomic mass is 32.1. The van der Waals surface area contributed by atoms with Crippen LogP contribution in [0.2, 0.25) is 0 Å². The Balaban J connectivity index is 1.65. The molecule has 35 heavy (non-hydrogen) atoms. The van der Waals surface area contributed by atoms with Gasteiger partial charge in [-0.2, -0.15) is 13.2 Å². The molecule has 0 fully saturated rings. The topological polar surface area (TPSA) is 46.3 Å². The fraction of sp³-hybridized carbons (Fsp3) is 0.111. The van der Waals surface area contributed by atoms with Crippen molar-refractivity contribution in [1.82, 2.24) is 4.98 Å². The second-order valence-corrected chi connectivity index (χ2v) is 8.91. The van der Waals surface area contributed by atoms with Gasteiger partial charge in [-0.1, -0.05) is 78.1 Å². The average molecular weight is 493 g/mol. The van der Waals surface area contributed by atoms with Crippen LogP contribution >= 0.6 is 11.3 Å². The summed E-state index contributed by atoms with van der Waals surface area (Å²) < 4.78 is 46.7. The van der Waals surface area contributed by atoms with Crippen molar-refractivity contribution in [2.45, 2.75) is 18.6 Å². The third-order valence-corrected chi connectivity index (χ3v) is 6.66. The molecule has 5 aromatic rings. The van der Waals surface area contributed by atoms with Crippen molar-refractivity contribution in [3.8, 4) is 0 Å². The van der Waals surface area contributed by atoms with E-state index in [2.05, 4.69) is 4.98 Å². The Kier molecular flexibility index (Phi) is 6.13. The van der Waals surface area contributed by atoms with Crippen LogP contribution in [0.1, 0.15) is 28.4 Å². The molecule has 0 saturated carbocycles. The molecule has 1 amide bonds. The molecule has 0 aliphatic rings. The van der Waals surface area contributed by atoms with Gasteiger partial charge in [0.1, 0.15) is 5.76 Å². The molecule has 3 aromatic carbocycles. The maximum Gasteiger partial charge on any atom is 0.418 e. The molecule has 2 aromatic heterocycles. The predicted octanol–water partition coefficient (Wildman–Crippen LogP) is 7.27. The summed E-state index contributed by atoms with van der Waals surface area (Å²) in [6, 6.07) is 25.9. The number of carbonyl (C=O) groups excluding carboxylic acids is 1. The normalized spacial score (nSPS) is 11.8. The number of alkyl halides is 3. The van der Waals surface area contributed by atoms with E-state index >= 15 is 0 Å². The number of anilines is 1. The van der Waals surface area contributed by atoms with Crippen molar-refractivity contribution in [2.75, 3.05) is 4.90 Å². The number of para-hydroxylation sites is 1. The number of furan rings is 1. The van der Waals surface area contributed by atoms with E-state index < -0.39 is 17.7 Å². The van der Waals surface area contributed by atoms with E-state index in [0.717, 1.165) is 28.5 Å². The van der Waals surface area contributed by atoms with E-state index in [4.69, 9.17) is 4.42 Å². The molecule has 0 bridgehead atoms. The SMILES string of the molecule is O=C(C(c1ccccc1)c1ccccc1)N(Cc1ccco1)c1nc2c(C(F)(F)F)cccc2s1. The molecular weight excluding hydrogens is 473 g/mol. The summed E-state index contributed by atoms with van der Waals surface area (Å²) in [6.45, 7) is 0.0309.